The molecule has 0 aliphatic heterocycles. The Kier molecular flexibility index (Phi) is 3.70. The average Bonchev–Trinajstić information content (AvgIpc) is 2.78. The van der Waals surface area contributed by atoms with Crippen LogP contribution >= 0.6 is 11.6 Å². The maximum absolute atomic E-state index is 5.90. The Balaban J connectivity index is 2.10. The molecule has 4 heteroatoms. The van der Waals surface area contributed by atoms with Crippen LogP contribution in [0.25, 0.3) is 11.0 Å². The van der Waals surface area contributed by atoms with Crippen LogP contribution in [-0.4, -0.2) is 20.4 Å². The first-order valence-electron chi connectivity index (χ1n) is 6.69. The van der Waals surface area contributed by atoms with E-state index in [1.165, 1.54) is 5.56 Å². The fourth-order valence-electron chi connectivity index (χ4n) is 2.39. The third-order valence-corrected chi connectivity index (χ3v) is 3.54. The van der Waals surface area contributed by atoms with E-state index in [9.17, 15) is 0 Å². The van der Waals surface area contributed by atoms with E-state index in [0.29, 0.717) is 5.88 Å². The number of hydrogen-bond donors (Lipinski definition) is 0. The molecule has 20 heavy (non-hydrogen) atoms. The standard InChI is InChI=1S/C16H16ClN3/c1-12-5-6-14-15(10-12)20(16(19-14)7-8-17)11-13-4-2-3-9-18-13/h2-6,9-10H,7-8,11H2,1H3. The molecule has 0 saturated heterocycles. The number of pyridine rings is 1. The van der Waals surface area contributed by atoms with Gasteiger partial charge in [-0.2, -0.15) is 0 Å². The zero-order valence-electron chi connectivity index (χ0n) is 11.4. The summed E-state index contributed by atoms with van der Waals surface area (Å²) in [6.07, 6.45) is 2.59. The fraction of sp³-hybridized carbons (Fsp3) is 0.250. The van der Waals surface area contributed by atoms with E-state index in [-0.39, 0.29) is 0 Å². The van der Waals surface area contributed by atoms with E-state index in [1.807, 2.05) is 24.4 Å². The Morgan fingerprint density at radius 2 is 2.10 bits per heavy atom. The van der Waals surface area contributed by atoms with Crippen LogP contribution in [0.15, 0.2) is 42.6 Å². The number of halogens is 1. The number of aromatic nitrogens is 3. The number of aryl methyl sites for hydroxylation is 2. The van der Waals surface area contributed by atoms with Crippen LogP contribution < -0.4 is 0 Å². The zero-order chi connectivity index (χ0) is 13.9. The van der Waals surface area contributed by atoms with Gasteiger partial charge in [0.15, 0.2) is 0 Å². The largest absolute Gasteiger partial charge is 0.322 e. The number of rotatable bonds is 4. The van der Waals surface area contributed by atoms with E-state index in [4.69, 9.17) is 16.6 Å². The molecular weight excluding hydrogens is 270 g/mol. The van der Waals surface area contributed by atoms with E-state index in [2.05, 4.69) is 34.7 Å². The lowest BCUT2D eigenvalue weighted by molar-refractivity contribution is 0.737. The van der Waals surface area contributed by atoms with Gasteiger partial charge in [-0.25, -0.2) is 4.98 Å². The van der Waals surface area contributed by atoms with Gasteiger partial charge in [-0.15, -0.1) is 11.6 Å². The van der Waals surface area contributed by atoms with Crippen LogP contribution in [0, 0.1) is 6.92 Å². The van der Waals surface area contributed by atoms with E-state index in [1.54, 1.807) is 0 Å². The first-order valence-corrected chi connectivity index (χ1v) is 7.23. The number of alkyl halides is 1. The number of fused-ring (bicyclic) bond motifs is 1. The lowest BCUT2D eigenvalue weighted by Crippen LogP contribution is -2.07. The predicted molar refractivity (Wildman–Crippen MR) is 82.2 cm³/mol. The second kappa shape index (κ2) is 5.63. The summed E-state index contributed by atoms with van der Waals surface area (Å²) in [5.74, 6) is 1.59. The lowest BCUT2D eigenvalue weighted by atomic mass is 10.2. The summed E-state index contributed by atoms with van der Waals surface area (Å²) in [4.78, 5) is 9.09. The molecule has 0 saturated carbocycles. The van der Waals surface area contributed by atoms with Crippen LogP contribution in [0.1, 0.15) is 17.1 Å². The third kappa shape index (κ3) is 2.54. The van der Waals surface area contributed by atoms with Crippen molar-refractivity contribution >= 4 is 22.6 Å². The van der Waals surface area contributed by atoms with Crippen LogP contribution in [0.3, 0.4) is 0 Å². The molecule has 0 aliphatic rings. The number of imidazole rings is 1. The minimum Gasteiger partial charge on any atom is -0.322 e. The molecule has 0 spiro atoms. The van der Waals surface area contributed by atoms with Gasteiger partial charge < -0.3 is 4.57 Å². The van der Waals surface area contributed by atoms with Crippen molar-refractivity contribution in [3.05, 3.63) is 59.7 Å². The van der Waals surface area contributed by atoms with Crippen LogP contribution in [-0.2, 0) is 13.0 Å². The fourth-order valence-corrected chi connectivity index (χ4v) is 2.56. The van der Waals surface area contributed by atoms with Gasteiger partial charge in [0.25, 0.3) is 0 Å². The van der Waals surface area contributed by atoms with Gasteiger partial charge in [0.2, 0.25) is 0 Å². The molecule has 3 rings (SSSR count). The Labute approximate surface area is 123 Å². The maximum Gasteiger partial charge on any atom is 0.111 e. The van der Waals surface area contributed by atoms with Crippen LogP contribution in [0.2, 0.25) is 0 Å². The summed E-state index contributed by atoms with van der Waals surface area (Å²) in [6, 6.07) is 12.3. The molecule has 0 atom stereocenters. The predicted octanol–water partition coefficient (Wildman–Crippen LogP) is 3.57. The van der Waals surface area contributed by atoms with E-state index < -0.39 is 0 Å². The van der Waals surface area contributed by atoms with Crippen molar-refractivity contribution in [2.75, 3.05) is 5.88 Å². The van der Waals surface area contributed by atoms with Crippen molar-refractivity contribution in [3.8, 4) is 0 Å². The van der Waals surface area contributed by atoms with Gasteiger partial charge in [0.05, 0.1) is 23.3 Å². The molecule has 0 fully saturated rings. The molecule has 3 nitrogen and oxygen atoms in total. The smallest absolute Gasteiger partial charge is 0.111 e. The van der Waals surface area contributed by atoms with E-state index >= 15 is 0 Å². The van der Waals surface area contributed by atoms with Crippen molar-refractivity contribution < 1.29 is 0 Å². The summed E-state index contributed by atoms with van der Waals surface area (Å²) in [7, 11) is 0. The highest BCUT2D eigenvalue weighted by Gasteiger charge is 2.11. The van der Waals surface area contributed by atoms with Crippen molar-refractivity contribution in [3.63, 3.8) is 0 Å². The maximum atomic E-state index is 5.90. The second-order valence-corrected chi connectivity index (χ2v) is 5.24. The summed E-state index contributed by atoms with van der Waals surface area (Å²) >= 11 is 5.90. The highest BCUT2D eigenvalue weighted by molar-refractivity contribution is 6.17. The Morgan fingerprint density at radius 1 is 1.20 bits per heavy atom. The minimum atomic E-state index is 0.574. The highest BCUT2D eigenvalue weighted by Crippen LogP contribution is 2.19. The van der Waals surface area contributed by atoms with E-state index in [0.717, 1.165) is 35.5 Å². The molecule has 3 aromatic rings. The van der Waals surface area contributed by atoms with Gasteiger partial charge in [-0.1, -0.05) is 12.1 Å². The van der Waals surface area contributed by atoms with Gasteiger partial charge in [-0.3, -0.25) is 4.98 Å². The first-order chi connectivity index (χ1) is 9.78. The molecular formula is C16H16ClN3. The van der Waals surface area contributed by atoms with Gasteiger partial charge in [0.1, 0.15) is 5.82 Å². The summed E-state index contributed by atoms with van der Waals surface area (Å²) < 4.78 is 2.22. The molecule has 0 aliphatic carbocycles. The summed E-state index contributed by atoms with van der Waals surface area (Å²) in [6.45, 7) is 2.83. The Hall–Kier alpha value is -1.87. The van der Waals surface area contributed by atoms with Gasteiger partial charge in [-0.05, 0) is 36.8 Å². The van der Waals surface area contributed by atoms with Crippen molar-refractivity contribution in [2.45, 2.75) is 19.9 Å². The monoisotopic (exact) mass is 285 g/mol. The van der Waals surface area contributed by atoms with Crippen LogP contribution in [0.4, 0.5) is 0 Å². The van der Waals surface area contributed by atoms with Crippen LogP contribution in [0.5, 0.6) is 0 Å². The van der Waals surface area contributed by atoms with Crippen molar-refractivity contribution in [1.82, 2.24) is 14.5 Å². The Morgan fingerprint density at radius 3 is 2.85 bits per heavy atom. The normalized spacial score (nSPS) is 11.1. The molecule has 0 radical (unpaired) electrons. The summed E-state index contributed by atoms with van der Waals surface area (Å²) in [5, 5.41) is 0. The van der Waals surface area contributed by atoms with Gasteiger partial charge >= 0.3 is 0 Å². The van der Waals surface area contributed by atoms with Crippen molar-refractivity contribution in [1.29, 1.82) is 0 Å². The molecule has 2 aromatic heterocycles. The minimum absolute atomic E-state index is 0.574. The topological polar surface area (TPSA) is 30.7 Å². The molecule has 0 amide bonds. The second-order valence-electron chi connectivity index (χ2n) is 4.87. The van der Waals surface area contributed by atoms with Crippen molar-refractivity contribution in [2.24, 2.45) is 0 Å². The van der Waals surface area contributed by atoms with Gasteiger partial charge in [0, 0.05) is 18.5 Å². The molecule has 0 unspecified atom stereocenters. The SMILES string of the molecule is Cc1ccc2nc(CCCl)n(Cc3ccccn3)c2c1. The first kappa shape index (κ1) is 13.1. The molecule has 1 aromatic carbocycles. The Bertz CT molecular complexity index is 719. The zero-order valence-corrected chi connectivity index (χ0v) is 12.1. The number of benzene rings is 1. The average molecular weight is 286 g/mol. The molecule has 2 heterocycles. The number of nitrogens with zero attached hydrogens (tertiary/aromatic N) is 3. The molecule has 102 valence electrons. The third-order valence-electron chi connectivity index (χ3n) is 3.35. The summed E-state index contributed by atoms with van der Waals surface area (Å²) in [5.41, 5.74) is 4.43. The number of hydrogen-bond acceptors (Lipinski definition) is 2. The lowest BCUT2D eigenvalue weighted by Gasteiger charge is -2.08. The quantitative estimate of drug-likeness (QED) is 0.686. The molecule has 0 bridgehead atoms. The highest BCUT2D eigenvalue weighted by atomic mass is 35.5. The molecule has 0 N–H and O–H groups in total.